The van der Waals surface area contributed by atoms with E-state index in [1.54, 1.807) is 36.4 Å². The average Bonchev–Trinajstić information content (AvgIpc) is 2.47. The number of hydrogen-bond donors (Lipinski definition) is 0. The van der Waals surface area contributed by atoms with Gasteiger partial charge >= 0.3 is 5.69 Å². The number of nitro groups is 1. The molecule has 0 unspecified atom stereocenters. The Bertz CT molecular complexity index is 673. The minimum absolute atomic E-state index is 0.0220. The molecule has 0 saturated carbocycles. The highest BCUT2D eigenvalue weighted by atomic mass is 32.2. The summed E-state index contributed by atoms with van der Waals surface area (Å²) in [6, 6.07) is 8.98. The summed E-state index contributed by atoms with van der Waals surface area (Å²) in [4.78, 5) is 16.9. The first-order valence-electron chi connectivity index (χ1n) is 6.21. The Morgan fingerprint density at radius 2 is 1.95 bits per heavy atom. The van der Waals surface area contributed by atoms with Crippen LogP contribution in [0.5, 0.6) is 0 Å². The first-order valence-corrected chi connectivity index (χ1v) is 7.76. The monoisotopic (exact) mass is 305 g/mol. The van der Waals surface area contributed by atoms with Crippen molar-refractivity contribution in [1.82, 2.24) is 4.98 Å². The molecule has 1 aromatic carbocycles. The molecule has 2 aromatic rings. The average molecular weight is 305 g/mol. The van der Waals surface area contributed by atoms with Crippen LogP contribution in [0.1, 0.15) is 5.56 Å². The largest absolute Gasteiger partial charge is 0.365 e. The molecule has 0 saturated heterocycles. The molecule has 0 spiro atoms. The van der Waals surface area contributed by atoms with Crippen LogP contribution < -0.4 is 4.90 Å². The second-order valence-corrected chi connectivity index (χ2v) is 5.96. The van der Waals surface area contributed by atoms with Crippen LogP contribution >= 0.6 is 0 Å². The SMILES string of the molecule is CN(Cc1ccc([S@@](C)=O)cc1)c1ccncc1[N+](=O)[O-]. The van der Waals surface area contributed by atoms with Crippen molar-refractivity contribution >= 4 is 22.2 Å². The van der Waals surface area contributed by atoms with Gasteiger partial charge in [0.05, 0.1) is 4.92 Å². The zero-order chi connectivity index (χ0) is 15.4. The fraction of sp³-hybridized carbons (Fsp3) is 0.214. The summed E-state index contributed by atoms with van der Waals surface area (Å²) < 4.78 is 11.3. The van der Waals surface area contributed by atoms with E-state index in [0.717, 1.165) is 10.5 Å². The number of nitrogens with zero attached hydrogens (tertiary/aromatic N) is 3. The highest BCUT2D eigenvalue weighted by Crippen LogP contribution is 2.26. The van der Waals surface area contributed by atoms with E-state index in [4.69, 9.17) is 0 Å². The van der Waals surface area contributed by atoms with Gasteiger partial charge in [0.15, 0.2) is 0 Å². The summed E-state index contributed by atoms with van der Waals surface area (Å²) in [6.07, 6.45) is 4.40. The molecule has 0 amide bonds. The number of hydrogen-bond acceptors (Lipinski definition) is 5. The van der Waals surface area contributed by atoms with Crippen molar-refractivity contribution in [3.63, 3.8) is 0 Å². The molecule has 2 rings (SSSR count). The number of pyridine rings is 1. The molecule has 1 heterocycles. The van der Waals surface area contributed by atoms with Crippen LogP contribution in [0.4, 0.5) is 11.4 Å². The van der Waals surface area contributed by atoms with Crippen molar-refractivity contribution in [3.8, 4) is 0 Å². The van der Waals surface area contributed by atoms with Crippen molar-refractivity contribution in [2.24, 2.45) is 0 Å². The first kappa shape index (κ1) is 15.1. The van der Waals surface area contributed by atoms with Gasteiger partial charge < -0.3 is 4.90 Å². The smallest absolute Gasteiger partial charge is 0.310 e. The fourth-order valence-electron chi connectivity index (χ4n) is 1.99. The molecule has 0 radical (unpaired) electrons. The van der Waals surface area contributed by atoms with Crippen molar-refractivity contribution < 1.29 is 9.13 Å². The third-order valence-corrected chi connectivity index (χ3v) is 4.00. The van der Waals surface area contributed by atoms with Gasteiger partial charge in [-0.1, -0.05) is 12.1 Å². The number of aromatic nitrogens is 1. The predicted molar refractivity (Wildman–Crippen MR) is 81.8 cm³/mol. The summed E-state index contributed by atoms with van der Waals surface area (Å²) >= 11 is 0. The summed E-state index contributed by atoms with van der Waals surface area (Å²) in [6.45, 7) is 0.515. The molecule has 0 aliphatic carbocycles. The van der Waals surface area contributed by atoms with Crippen LogP contribution in [0.25, 0.3) is 0 Å². The van der Waals surface area contributed by atoms with Crippen molar-refractivity contribution in [1.29, 1.82) is 0 Å². The van der Waals surface area contributed by atoms with Gasteiger partial charge in [-0.05, 0) is 23.8 Å². The maximum Gasteiger partial charge on any atom is 0.310 e. The molecule has 21 heavy (non-hydrogen) atoms. The zero-order valence-corrected chi connectivity index (χ0v) is 12.5. The van der Waals surface area contributed by atoms with E-state index in [1.807, 2.05) is 12.1 Å². The molecule has 0 aliphatic heterocycles. The van der Waals surface area contributed by atoms with Crippen molar-refractivity contribution in [2.75, 3.05) is 18.2 Å². The topological polar surface area (TPSA) is 76.3 Å². The van der Waals surface area contributed by atoms with Gasteiger partial charge in [-0.25, -0.2) is 0 Å². The summed E-state index contributed by atoms with van der Waals surface area (Å²) in [5.41, 5.74) is 1.47. The molecule has 1 aromatic heterocycles. The molecule has 110 valence electrons. The summed E-state index contributed by atoms with van der Waals surface area (Å²) in [5, 5.41) is 11.0. The lowest BCUT2D eigenvalue weighted by atomic mass is 10.2. The quantitative estimate of drug-likeness (QED) is 0.626. The first-order chi connectivity index (χ1) is 9.99. The molecule has 7 heteroatoms. The van der Waals surface area contributed by atoms with Crippen LogP contribution in [0.3, 0.4) is 0 Å². The fourth-order valence-corrected chi connectivity index (χ4v) is 2.51. The molecular weight excluding hydrogens is 290 g/mol. The zero-order valence-electron chi connectivity index (χ0n) is 11.7. The third-order valence-electron chi connectivity index (χ3n) is 3.06. The molecule has 0 aliphatic rings. The van der Waals surface area contributed by atoms with Gasteiger partial charge in [-0.15, -0.1) is 0 Å². The van der Waals surface area contributed by atoms with Crippen LogP contribution in [0, 0.1) is 10.1 Å². The Morgan fingerprint density at radius 1 is 1.29 bits per heavy atom. The lowest BCUT2D eigenvalue weighted by Crippen LogP contribution is -2.17. The Morgan fingerprint density at radius 3 is 2.52 bits per heavy atom. The van der Waals surface area contributed by atoms with Crippen LogP contribution in [0.2, 0.25) is 0 Å². The van der Waals surface area contributed by atoms with Crippen LogP contribution in [-0.4, -0.2) is 27.4 Å². The number of anilines is 1. The van der Waals surface area contributed by atoms with E-state index >= 15 is 0 Å². The van der Waals surface area contributed by atoms with Gasteiger partial charge in [0.2, 0.25) is 0 Å². The van der Waals surface area contributed by atoms with Gasteiger partial charge in [-0.2, -0.15) is 0 Å². The van der Waals surface area contributed by atoms with E-state index in [2.05, 4.69) is 4.98 Å². The lowest BCUT2D eigenvalue weighted by Gasteiger charge is -2.19. The molecule has 0 N–H and O–H groups in total. The number of rotatable bonds is 5. The molecule has 6 nitrogen and oxygen atoms in total. The third kappa shape index (κ3) is 3.63. The Balaban J connectivity index is 2.20. The molecule has 0 bridgehead atoms. The Labute approximate surface area is 125 Å². The van der Waals surface area contributed by atoms with Crippen LogP contribution in [0.15, 0.2) is 47.6 Å². The van der Waals surface area contributed by atoms with E-state index in [9.17, 15) is 14.3 Å². The van der Waals surface area contributed by atoms with Gasteiger partial charge in [0, 0.05) is 41.7 Å². The maximum atomic E-state index is 11.3. The normalized spacial score (nSPS) is 11.9. The highest BCUT2D eigenvalue weighted by molar-refractivity contribution is 7.84. The van der Waals surface area contributed by atoms with E-state index in [-0.39, 0.29) is 5.69 Å². The van der Waals surface area contributed by atoms with E-state index in [1.165, 1.54) is 12.4 Å². The van der Waals surface area contributed by atoms with Gasteiger partial charge in [0.25, 0.3) is 0 Å². The highest BCUT2D eigenvalue weighted by Gasteiger charge is 2.16. The summed E-state index contributed by atoms with van der Waals surface area (Å²) in [7, 11) is 0.779. The van der Waals surface area contributed by atoms with Crippen LogP contribution in [-0.2, 0) is 17.3 Å². The Kier molecular flexibility index (Phi) is 4.64. The molecule has 1 atom stereocenters. The van der Waals surface area contributed by atoms with Crippen molar-refractivity contribution in [3.05, 3.63) is 58.4 Å². The standard InChI is InChI=1S/C14H15N3O3S/c1-16(13-7-8-15-9-14(13)17(18)19)10-11-3-5-12(6-4-11)21(2)20/h3-9H,10H2,1-2H3/t21-/m1/s1. The minimum atomic E-state index is -1.01. The second-order valence-electron chi connectivity index (χ2n) is 4.58. The second kappa shape index (κ2) is 6.45. The Hall–Kier alpha value is -2.28. The lowest BCUT2D eigenvalue weighted by molar-refractivity contribution is -0.384. The maximum absolute atomic E-state index is 11.3. The summed E-state index contributed by atoms with van der Waals surface area (Å²) in [5.74, 6) is 0. The minimum Gasteiger partial charge on any atom is -0.365 e. The molecular formula is C14H15N3O3S. The number of benzene rings is 1. The predicted octanol–water partition coefficient (Wildman–Crippen LogP) is 2.36. The van der Waals surface area contributed by atoms with Crippen molar-refractivity contribution in [2.45, 2.75) is 11.4 Å². The van der Waals surface area contributed by atoms with E-state index < -0.39 is 15.7 Å². The van der Waals surface area contributed by atoms with Gasteiger partial charge in [0.1, 0.15) is 11.9 Å². The van der Waals surface area contributed by atoms with E-state index in [0.29, 0.717) is 12.2 Å². The molecule has 0 fully saturated rings. The van der Waals surface area contributed by atoms with Gasteiger partial charge in [-0.3, -0.25) is 19.3 Å².